The Morgan fingerprint density at radius 3 is 2.39 bits per heavy atom. The largest absolute Gasteiger partial charge is 0.458 e. The van der Waals surface area contributed by atoms with Crippen LogP contribution in [0.3, 0.4) is 0 Å². The molecular formula is C23H23FN4O3. The molecule has 2 aromatic rings. The zero-order chi connectivity index (χ0) is 21.7. The maximum absolute atomic E-state index is 14.7. The van der Waals surface area contributed by atoms with E-state index in [-0.39, 0.29) is 18.1 Å². The molecule has 0 aliphatic carbocycles. The minimum atomic E-state index is -0.579. The van der Waals surface area contributed by atoms with Gasteiger partial charge in [-0.1, -0.05) is 12.1 Å². The molecule has 4 heterocycles. The number of benzene rings is 1. The second-order valence-corrected chi connectivity index (χ2v) is 8.53. The fourth-order valence-electron chi connectivity index (χ4n) is 4.87. The number of aromatic nitrogens is 2. The van der Waals surface area contributed by atoms with Gasteiger partial charge in [-0.2, -0.15) is 0 Å². The molecule has 8 heteroatoms. The molecule has 1 amide bonds. The lowest BCUT2D eigenvalue weighted by Crippen LogP contribution is -2.34. The molecule has 2 atom stereocenters. The zero-order valence-corrected chi connectivity index (χ0v) is 17.5. The molecule has 2 unspecified atom stereocenters. The smallest absolute Gasteiger partial charge is 0.331 e. The summed E-state index contributed by atoms with van der Waals surface area (Å²) in [6.45, 7) is 6.64. The lowest BCUT2D eigenvalue weighted by molar-refractivity contribution is -0.134. The first kappa shape index (κ1) is 19.7. The molecule has 0 N–H and O–H groups in total. The maximum Gasteiger partial charge on any atom is 0.331 e. The predicted octanol–water partition coefficient (Wildman–Crippen LogP) is 2.38. The Bertz CT molecular complexity index is 1080. The van der Waals surface area contributed by atoms with Crippen molar-refractivity contribution in [2.45, 2.75) is 13.8 Å². The van der Waals surface area contributed by atoms with Gasteiger partial charge in [0.2, 0.25) is 5.95 Å². The molecule has 0 spiro atoms. The van der Waals surface area contributed by atoms with E-state index in [1.165, 1.54) is 12.1 Å². The summed E-state index contributed by atoms with van der Waals surface area (Å²) in [5.41, 5.74) is 2.85. The van der Waals surface area contributed by atoms with E-state index in [4.69, 9.17) is 4.74 Å². The summed E-state index contributed by atoms with van der Waals surface area (Å²) in [4.78, 5) is 37.8. The van der Waals surface area contributed by atoms with E-state index in [9.17, 15) is 14.0 Å². The van der Waals surface area contributed by atoms with Crippen LogP contribution >= 0.6 is 0 Å². The monoisotopic (exact) mass is 422 g/mol. The highest BCUT2D eigenvalue weighted by atomic mass is 19.1. The highest BCUT2D eigenvalue weighted by Gasteiger charge is 2.43. The van der Waals surface area contributed by atoms with Crippen LogP contribution in [0.1, 0.15) is 27.3 Å². The Kier molecular flexibility index (Phi) is 4.72. The number of carbonyl (C=O) groups excluding carboxylic acids is 2. The molecule has 1 aromatic heterocycles. The van der Waals surface area contributed by atoms with Gasteiger partial charge in [-0.3, -0.25) is 4.79 Å². The highest BCUT2D eigenvalue weighted by Crippen LogP contribution is 2.35. The number of anilines is 1. The van der Waals surface area contributed by atoms with Gasteiger partial charge >= 0.3 is 5.97 Å². The Morgan fingerprint density at radius 1 is 1.10 bits per heavy atom. The Hall–Kier alpha value is -3.29. The molecule has 3 aliphatic rings. The first-order valence-electron chi connectivity index (χ1n) is 10.4. The number of fused-ring (bicyclic) bond motifs is 1. The van der Waals surface area contributed by atoms with Crippen molar-refractivity contribution in [3.8, 4) is 0 Å². The number of cyclic esters (lactones) is 1. The number of rotatable bonds is 3. The minimum Gasteiger partial charge on any atom is -0.458 e. The van der Waals surface area contributed by atoms with Crippen molar-refractivity contribution >= 4 is 23.4 Å². The lowest BCUT2D eigenvalue weighted by atomic mass is 9.99. The molecular weight excluding hydrogens is 399 g/mol. The average molecular weight is 422 g/mol. The Labute approximate surface area is 179 Å². The second kappa shape index (κ2) is 7.44. The van der Waals surface area contributed by atoms with E-state index < -0.39 is 11.8 Å². The molecule has 0 bridgehead atoms. The van der Waals surface area contributed by atoms with E-state index in [1.807, 2.05) is 19.9 Å². The van der Waals surface area contributed by atoms with Crippen LogP contribution < -0.4 is 4.90 Å². The van der Waals surface area contributed by atoms with Crippen molar-refractivity contribution < 1.29 is 18.7 Å². The summed E-state index contributed by atoms with van der Waals surface area (Å²) in [6.07, 6.45) is 1.33. The van der Waals surface area contributed by atoms with Gasteiger partial charge in [0.25, 0.3) is 5.91 Å². The quantitative estimate of drug-likeness (QED) is 0.707. The van der Waals surface area contributed by atoms with Gasteiger partial charge < -0.3 is 14.5 Å². The SMILES string of the molecule is Cc1cc(C)nc(N2CC3CN(C(=O)c4c(F)cccc4C4=CC(=O)OC4)CC3C2)n1. The van der Waals surface area contributed by atoms with Gasteiger partial charge in [-0.05, 0) is 31.5 Å². The summed E-state index contributed by atoms with van der Waals surface area (Å²) < 4.78 is 19.7. The van der Waals surface area contributed by atoms with Gasteiger partial charge in [-0.15, -0.1) is 0 Å². The summed E-state index contributed by atoms with van der Waals surface area (Å²) in [5.74, 6) is -0.0681. The number of carbonyl (C=O) groups is 2. The van der Waals surface area contributed by atoms with Crippen LogP contribution in [0.2, 0.25) is 0 Å². The van der Waals surface area contributed by atoms with Crippen LogP contribution in [0.4, 0.5) is 10.3 Å². The van der Waals surface area contributed by atoms with Gasteiger partial charge in [0.15, 0.2) is 0 Å². The van der Waals surface area contributed by atoms with Crippen LogP contribution in [0.15, 0.2) is 30.3 Å². The number of aryl methyl sites for hydroxylation is 2. The van der Waals surface area contributed by atoms with E-state index in [2.05, 4.69) is 14.9 Å². The van der Waals surface area contributed by atoms with Crippen LogP contribution in [0, 0.1) is 31.5 Å². The van der Waals surface area contributed by atoms with E-state index in [1.54, 1.807) is 17.0 Å². The maximum atomic E-state index is 14.7. The molecule has 3 aliphatic heterocycles. The van der Waals surface area contributed by atoms with Crippen LogP contribution in [-0.2, 0) is 9.53 Å². The Balaban J connectivity index is 1.34. The summed E-state index contributed by atoms with van der Waals surface area (Å²) >= 11 is 0. The van der Waals surface area contributed by atoms with Crippen molar-refractivity contribution in [3.63, 3.8) is 0 Å². The van der Waals surface area contributed by atoms with Crippen LogP contribution in [0.5, 0.6) is 0 Å². The number of halogens is 1. The lowest BCUT2D eigenvalue weighted by Gasteiger charge is -2.23. The predicted molar refractivity (Wildman–Crippen MR) is 112 cm³/mol. The number of amides is 1. The number of nitrogens with zero attached hydrogens (tertiary/aromatic N) is 4. The molecule has 31 heavy (non-hydrogen) atoms. The average Bonchev–Trinajstić information content (AvgIpc) is 3.41. The van der Waals surface area contributed by atoms with Crippen molar-refractivity contribution in [3.05, 3.63) is 58.7 Å². The van der Waals surface area contributed by atoms with E-state index in [0.717, 1.165) is 30.4 Å². The molecule has 2 saturated heterocycles. The second-order valence-electron chi connectivity index (χ2n) is 8.53. The molecule has 160 valence electrons. The molecule has 2 fully saturated rings. The number of hydrogen-bond donors (Lipinski definition) is 0. The third kappa shape index (κ3) is 3.56. The molecule has 0 saturated carbocycles. The summed E-state index contributed by atoms with van der Waals surface area (Å²) in [7, 11) is 0. The van der Waals surface area contributed by atoms with Crippen molar-refractivity contribution in [1.29, 1.82) is 0 Å². The van der Waals surface area contributed by atoms with Crippen LogP contribution in [-0.4, -0.2) is 59.5 Å². The number of esters is 1. The topological polar surface area (TPSA) is 75.6 Å². The molecule has 0 radical (unpaired) electrons. The first-order chi connectivity index (χ1) is 14.9. The third-order valence-electron chi connectivity index (χ3n) is 6.26. The first-order valence-corrected chi connectivity index (χ1v) is 10.4. The van der Waals surface area contributed by atoms with E-state index >= 15 is 0 Å². The van der Waals surface area contributed by atoms with Crippen molar-refractivity contribution in [1.82, 2.24) is 14.9 Å². The third-order valence-corrected chi connectivity index (χ3v) is 6.26. The summed E-state index contributed by atoms with van der Waals surface area (Å²) in [6, 6.07) is 6.45. The zero-order valence-electron chi connectivity index (χ0n) is 17.5. The van der Waals surface area contributed by atoms with Gasteiger partial charge in [0.05, 0.1) is 5.56 Å². The number of ether oxygens (including phenoxy) is 1. The highest BCUT2D eigenvalue weighted by molar-refractivity contribution is 6.03. The van der Waals surface area contributed by atoms with E-state index in [0.29, 0.717) is 36.1 Å². The molecule has 7 nitrogen and oxygen atoms in total. The molecule has 5 rings (SSSR count). The van der Waals surface area contributed by atoms with Gasteiger partial charge in [0, 0.05) is 61.1 Å². The van der Waals surface area contributed by atoms with Crippen molar-refractivity contribution in [2.24, 2.45) is 11.8 Å². The fraction of sp³-hybridized carbons (Fsp3) is 0.391. The standard InChI is InChI=1S/C23H23FN4O3/c1-13-6-14(2)26-23(25-13)28-10-16-8-27(9-17(16)11-28)22(30)21-18(4-3-5-19(21)24)15-7-20(29)31-12-15/h3-7,16-17H,8-12H2,1-2H3. The normalized spacial score (nSPS) is 22.5. The molecule has 1 aromatic carbocycles. The summed E-state index contributed by atoms with van der Waals surface area (Å²) in [5, 5.41) is 0. The van der Waals surface area contributed by atoms with Crippen molar-refractivity contribution in [2.75, 3.05) is 37.7 Å². The number of likely N-dealkylation sites (tertiary alicyclic amines) is 1. The fourth-order valence-corrected chi connectivity index (χ4v) is 4.87. The number of hydrogen-bond acceptors (Lipinski definition) is 6. The minimum absolute atomic E-state index is 0.0153. The van der Waals surface area contributed by atoms with Gasteiger partial charge in [0.1, 0.15) is 12.4 Å². The van der Waals surface area contributed by atoms with Gasteiger partial charge in [-0.25, -0.2) is 19.2 Å². The van der Waals surface area contributed by atoms with Crippen LogP contribution in [0.25, 0.3) is 5.57 Å². The Morgan fingerprint density at radius 2 is 1.77 bits per heavy atom.